The van der Waals surface area contributed by atoms with E-state index in [0.717, 1.165) is 6.07 Å². The zero-order valence-corrected chi connectivity index (χ0v) is 23.8. The number of benzene rings is 3. The molecule has 0 unspecified atom stereocenters. The molecule has 2 aliphatic heterocycles. The van der Waals surface area contributed by atoms with Crippen molar-refractivity contribution in [3.8, 4) is 0 Å². The van der Waals surface area contributed by atoms with E-state index in [-0.39, 0.29) is 16.5 Å². The van der Waals surface area contributed by atoms with Crippen molar-refractivity contribution in [2.45, 2.75) is 25.6 Å². The van der Waals surface area contributed by atoms with Crippen LogP contribution in [0.15, 0.2) is 54.6 Å². The predicted molar refractivity (Wildman–Crippen MR) is 155 cm³/mol. The molecule has 0 spiro atoms. The van der Waals surface area contributed by atoms with E-state index in [4.69, 9.17) is 11.6 Å². The summed E-state index contributed by atoms with van der Waals surface area (Å²) in [7, 11) is -3.89. The molecule has 0 saturated carbocycles. The van der Waals surface area contributed by atoms with Gasteiger partial charge in [-0.15, -0.1) is 0 Å². The van der Waals surface area contributed by atoms with Gasteiger partial charge in [-0.25, -0.2) is 12.8 Å². The van der Waals surface area contributed by atoms with E-state index in [9.17, 15) is 22.4 Å². The van der Waals surface area contributed by atoms with E-state index in [1.54, 1.807) is 23.1 Å². The van der Waals surface area contributed by atoms with E-state index < -0.39 is 39.1 Å². The fourth-order valence-corrected chi connectivity index (χ4v) is 7.01. The third-order valence-corrected chi connectivity index (χ3v) is 9.42. The molecule has 0 bridgehead atoms. The first-order chi connectivity index (χ1) is 19.0. The highest BCUT2D eigenvalue weighted by Crippen LogP contribution is 2.30. The van der Waals surface area contributed by atoms with Crippen LogP contribution in [0.3, 0.4) is 0 Å². The normalized spacial score (nSPS) is 17.2. The van der Waals surface area contributed by atoms with E-state index in [1.807, 2.05) is 6.07 Å². The third kappa shape index (κ3) is 5.78. The highest BCUT2D eigenvalue weighted by Gasteiger charge is 2.32. The van der Waals surface area contributed by atoms with E-state index >= 15 is 0 Å². The van der Waals surface area contributed by atoms with E-state index in [2.05, 4.69) is 41.5 Å². The largest absolute Gasteiger partial charge is 0.371 e. The minimum Gasteiger partial charge on any atom is -0.371 e. The van der Waals surface area contributed by atoms with Gasteiger partial charge < -0.3 is 20.4 Å². The third-order valence-electron chi connectivity index (χ3n) is 7.50. The summed E-state index contributed by atoms with van der Waals surface area (Å²) in [5.41, 5.74) is 4.86. The van der Waals surface area contributed by atoms with Crippen molar-refractivity contribution in [2.75, 3.05) is 47.5 Å². The standard InChI is InChI=1S/C29H30ClFN4O4S/c1-18-5-3-8-27(19(18)2)34-11-13-35(14-12-34)29(37)20-9-10-24-25(15-20)33-28(36)26(32-24)17-40(38,39)16-21-22(30)6-4-7-23(21)31/h3-10,15,26,32H,11-14,16-17H2,1-2H3,(H,33,36)/t26-/m1/s1. The summed E-state index contributed by atoms with van der Waals surface area (Å²) in [4.78, 5) is 30.1. The van der Waals surface area contributed by atoms with Gasteiger partial charge in [0, 0.05) is 48.0 Å². The zero-order valence-electron chi connectivity index (χ0n) is 22.2. The Kier molecular flexibility index (Phi) is 7.74. The lowest BCUT2D eigenvalue weighted by Gasteiger charge is -2.37. The minimum absolute atomic E-state index is 0.0128. The van der Waals surface area contributed by atoms with E-state index in [0.29, 0.717) is 43.1 Å². The van der Waals surface area contributed by atoms with Crippen LogP contribution in [0.2, 0.25) is 5.02 Å². The van der Waals surface area contributed by atoms with Crippen molar-refractivity contribution in [3.63, 3.8) is 0 Å². The Labute approximate surface area is 238 Å². The van der Waals surface area contributed by atoms with Gasteiger partial charge in [-0.2, -0.15) is 0 Å². The number of hydrogen-bond donors (Lipinski definition) is 2. The number of sulfone groups is 1. The van der Waals surface area contributed by atoms with Gasteiger partial charge in [0.1, 0.15) is 11.9 Å². The van der Waals surface area contributed by atoms with Crippen molar-refractivity contribution < 1.29 is 22.4 Å². The second-order valence-electron chi connectivity index (χ2n) is 10.2. The Morgan fingerprint density at radius 1 is 1.02 bits per heavy atom. The molecule has 1 atom stereocenters. The van der Waals surface area contributed by atoms with Gasteiger partial charge >= 0.3 is 0 Å². The number of nitrogens with zero attached hydrogens (tertiary/aromatic N) is 2. The molecule has 5 rings (SSSR count). The number of carbonyl (C=O) groups is 2. The lowest BCUT2D eigenvalue weighted by molar-refractivity contribution is -0.116. The quantitative estimate of drug-likeness (QED) is 0.445. The summed E-state index contributed by atoms with van der Waals surface area (Å²) in [6.45, 7) is 6.77. The molecule has 2 heterocycles. The average molecular weight is 585 g/mol. The molecule has 40 heavy (non-hydrogen) atoms. The molecule has 0 aliphatic carbocycles. The number of aryl methyl sites for hydroxylation is 1. The molecule has 2 amide bonds. The summed E-state index contributed by atoms with van der Waals surface area (Å²) in [6.07, 6.45) is 0. The molecule has 11 heteroatoms. The first-order valence-electron chi connectivity index (χ1n) is 13.0. The van der Waals surface area contributed by atoms with Crippen molar-refractivity contribution in [1.29, 1.82) is 0 Å². The van der Waals surface area contributed by atoms with Gasteiger partial charge in [0.15, 0.2) is 9.84 Å². The molecule has 1 fully saturated rings. The highest BCUT2D eigenvalue weighted by molar-refractivity contribution is 7.90. The van der Waals surface area contributed by atoms with Crippen LogP contribution in [0.4, 0.5) is 21.5 Å². The molecular weight excluding hydrogens is 555 g/mol. The first-order valence-corrected chi connectivity index (χ1v) is 15.2. The number of nitrogens with one attached hydrogen (secondary N) is 2. The zero-order chi connectivity index (χ0) is 28.6. The molecular formula is C29H30ClFN4O4S. The fraction of sp³-hybridized carbons (Fsp3) is 0.310. The molecule has 3 aromatic carbocycles. The van der Waals surface area contributed by atoms with Crippen LogP contribution in [0, 0.1) is 19.7 Å². The van der Waals surface area contributed by atoms with Crippen molar-refractivity contribution >= 4 is 50.3 Å². The summed E-state index contributed by atoms with van der Waals surface area (Å²) in [5.74, 6) is -2.58. The Morgan fingerprint density at radius 3 is 2.48 bits per heavy atom. The van der Waals surface area contributed by atoms with Gasteiger partial charge in [-0.05, 0) is 61.4 Å². The molecule has 210 valence electrons. The van der Waals surface area contributed by atoms with Crippen molar-refractivity contribution in [1.82, 2.24) is 4.90 Å². The maximum Gasteiger partial charge on any atom is 0.254 e. The molecule has 2 N–H and O–H groups in total. The van der Waals surface area contributed by atoms with Crippen LogP contribution < -0.4 is 15.5 Å². The van der Waals surface area contributed by atoms with Gasteiger partial charge in [-0.1, -0.05) is 29.8 Å². The molecule has 1 saturated heterocycles. The first kappa shape index (κ1) is 27.9. The second-order valence-corrected chi connectivity index (χ2v) is 12.7. The van der Waals surface area contributed by atoms with Gasteiger partial charge in [-0.3, -0.25) is 9.59 Å². The molecule has 0 aromatic heterocycles. The number of halogens is 2. The lowest BCUT2D eigenvalue weighted by Crippen LogP contribution is -2.49. The molecule has 2 aliphatic rings. The highest BCUT2D eigenvalue weighted by atomic mass is 35.5. The number of hydrogen-bond acceptors (Lipinski definition) is 6. The molecule has 3 aromatic rings. The van der Waals surface area contributed by atoms with Crippen LogP contribution in [0.25, 0.3) is 0 Å². The number of piperazine rings is 1. The van der Waals surface area contributed by atoms with Crippen LogP contribution in [-0.2, 0) is 20.4 Å². The van der Waals surface area contributed by atoms with Gasteiger partial charge in [0.2, 0.25) is 5.91 Å². The maximum absolute atomic E-state index is 14.1. The summed E-state index contributed by atoms with van der Waals surface area (Å²) in [6, 6.07) is 14.0. The Morgan fingerprint density at radius 2 is 1.75 bits per heavy atom. The average Bonchev–Trinajstić information content (AvgIpc) is 2.92. The molecule has 0 radical (unpaired) electrons. The number of rotatable bonds is 6. The lowest BCUT2D eigenvalue weighted by atomic mass is 10.1. The minimum atomic E-state index is -3.89. The maximum atomic E-state index is 14.1. The SMILES string of the molecule is Cc1cccc(N2CCN(C(=O)c3ccc4c(c3)NC(=O)[C@@H](CS(=O)(=O)Cc3c(F)cccc3Cl)N4)CC2)c1C. The van der Waals surface area contributed by atoms with E-state index in [1.165, 1.54) is 28.9 Å². The summed E-state index contributed by atoms with van der Waals surface area (Å²) < 4.78 is 39.7. The van der Waals surface area contributed by atoms with Crippen molar-refractivity contribution in [3.05, 3.63) is 87.7 Å². The number of anilines is 3. The summed E-state index contributed by atoms with van der Waals surface area (Å²) in [5, 5.41) is 5.67. The monoisotopic (exact) mass is 584 g/mol. The van der Waals surface area contributed by atoms with Crippen molar-refractivity contribution in [2.24, 2.45) is 0 Å². The van der Waals surface area contributed by atoms with Crippen LogP contribution >= 0.6 is 11.6 Å². The Balaban J connectivity index is 1.23. The Hall–Kier alpha value is -3.63. The number of carbonyl (C=O) groups excluding carboxylic acids is 2. The van der Waals surface area contributed by atoms with Crippen LogP contribution in [-0.4, -0.2) is 63.1 Å². The topological polar surface area (TPSA) is 98.8 Å². The Bertz CT molecular complexity index is 1570. The predicted octanol–water partition coefficient (Wildman–Crippen LogP) is 4.41. The smallest absolute Gasteiger partial charge is 0.254 e. The number of amides is 2. The summed E-state index contributed by atoms with van der Waals surface area (Å²) >= 11 is 5.98. The van der Waals surface area contributed by atoms with Crippen LogP contribution in [0.5, 0.6) is 0 Å². The molecule has 8 nitrogen and oxygen atoms in total. The van der Waals surface area contributed by atoms with Gasteiger partial charge in [0.05, 0.1) is 22.9 Å². The van der Waals surface area contributed by atoms with Crippen LogP contribution in [0.1, 0.15) is 27.0 Å². The van der Waals surface area contributed by atoms with Gasteiger partial charge in [0.25, 0.3) is 5.91 Å². The second kappa shape index (κ2) is 11.1. The number of fused-ring (bicyclic) bond motifs is 1. The fourth-order valence-electron chi connectivity index (χ4n) is 5.11.